The molecule has 3 heteroatoms. The third-order valence-electron chi connectivity index (χ3n) is 4.74. The molecule has 3 rings (SSSR count). The largest absolute Gasteiger partial charge is 0.252 e. The van der Waals surface area contributed by atoms with Crippen LogP contribution in [-0.2, 0) is 5.41 Å². The van der Waals surface area contributed by atoms with Crippen LogP contribution in [0.3, 0.4) is 0 Å². The maximum Gasteiger partial charge on any atom is 0.220 e. The van der Waals surface area contributed by atoms with E-state index in [-0.39, 0.29) is 5.41 Å². The summed E-state index contributed by atoms with van der Waals surface area (Å²) in [5.74, 6) is 0. The van der Waals surface area contributed by atoms with Crippen molar-refractivity contribution in [2.24, 2.45) is 0 Å². The molecular weight excluding hydrogens is 306 g/mol. The zero-order chi connectivity index (χ0) is 18.2. The van der Waals surface area contributed by atoms with Crippen molar-refractivity contribution in [3.05, 3.63) is 77.6 Å². The number of pyridine rings is 1. The van der Waals surface area contributed by atoms with Crippen LogP contribution in [0.1, 0.15) is 43.3 Å². The van der Waals surface area contributed by atoms with Crippen molar-refractivity contribution in [2.45, 2.75) is 47.0 Å². The first kappa shape index (κ1) is 17.3. The number of benzene rings is 1. The summed E-state index contributed by atoms with van der Waals surface area (Å²) in [5.41, 5.74) is 7.43. The molecule has 0 bridgehead atoms. The van der Waals surface area contributed by atoms with Gasteiger partial charge in [0.25, 0.3) is 0 Å². The minimum absolute atomic E-state index is 0.0714. The number of nitrogens with zero attached hydrogens (tertiary/aromatic N) is 3. The van der Waals surface area contributed by atoms with E-state index in [9.17, 15) is 0 Å². The molecule has 0 saturated heterocycles. The van der Waals surface area contributed by atoms with Crippen molar-refractivity contribution in [3.8, 4) is 11.4 Å². The monoisotopic (exact) mass is 333 g/mol. The van der Waals surface area contributed by atoms with Crippen LogP contribution >= 0.6 is 0 Å². The third kappa shape index (κ3) is 3.32. The molecule has 0 aliphatic rings. The van der Waals surface area contributed by atoms with Crippen molar-refractivity contribution in [1.29, 1.82) is 0 Å². The number of aryl methyl sites for hydroxylation is 2. The Morgan fingerprint density at radius 1 is 0.840 bits per heavy atom. The summed E-state index contributed by atoms with van der Waals surface area (Å²) in [6.07, 6.45) is 7.93. The highest BCUT2D eigenvalue weighted by Crippen LogP contribution is 2.27. The van der Waals surface area contributed by atoms with Crippen LogP contribution in [0.2, 0.25) is 0 Å². The molecule has 0 unspecified atom stereocenters. The van der Waals surface area contributed by atoms with E-state index in [4.69, 9.17) is 0 Å². The van der Waals surface area contributed by atoms with Gasteiger partial charge in [0, 0.05) is 38.1 Å². The molecule has 2 aromatic heterocycles. The number of hydrogen-bond acceptors (Lipinski definition) is 1. The smallest absolute Gasteiger partial charge is 0.220 e. The zero-order valence-corrected chi connectivity index (χ0v) is 16.0. The van der Waals surface area contributed by atoms with Crippen LogP contribution in [0, 0.1) is 20.8 Å². The Bertz CT molecular complexity index is 854. The van der Waals surface area contributed by atoms with Gasteiger partial charge in [-0.2, -0.15) is 9.13 Å². The van der Waals surface area contributed by atoms with Gasteiger partial charge in [0.15, 0.2) is 18.1 Å². The van der Waals surface area contributed by atoms with Gasteiger partial charge in [-0.3, -0.25) is 4.98 Å². The van der Waals surface area contributed by atoms with E-state index in [0.29, 0.717) is 0 Å². The average molecular weight is 333 g/mol. The summed E-state index contributed by atoms with van der Waals surface area (Å²) >= 11 is 0. The minimum atomic E-state index is 0.0714. The predicted molar refractivity (Wildman–Crippen MR) is 100 cm³/mol. The molecule has 3 aromatic rings. The van der Waals surface area contributed by atoms with Gasteiger partial charge in [-0.05, 0) is 17.9 Å². The highest BCUT2D eigenvalue weighted by Gasteiger charge is 2.27. The van der Waals surface area contributed by atoms with Gasteiger partial charge < -0.3 is 0 Å². The van der Waals surface area contributed by atoms with Crippen LogP contribution in [-0.4, -0.2) is 4.98 Å². The molecular formula is C22H27N3+2. The molecule has 0 amide bonds. The first-order chi connectivity index (χ1) is 11.8. The number of hydrogen-bond donors (Lipinski definition) is 0. The normalized spacial score (nSPS) is 11.6. The molecule has 0 atom stereocenters. The zero-order valence-electron chi connectivity index (χ0n) is 16.0. The lowest BCUT2D eigenvalue weighted by Gasteiger charge is -2.20. The van der Waals surface area contributed by atoms with Crippen LogP contribution in [0.15, 0.2) is 55.1 Å². The highest BCUT2D eigenvalue weighted by molar-refractivity contribution is 5.49. The van der Waals surface area contributed by atoms with E-state index in [1.807, 2.05) is 18.6 Å². The molecule has 0 radical (unpaired) electrons. The summed E-state index contributed by atoms with van der Waals surface area (Å²) in [6.45, 7) is 13.2. The Balaban J connectivity index is 2.35. The van der Waals surface area contributed by atoms with E-state index in [1.165, 1.54) is 28.2 Å². The molecule has 128 valence electrons. The second-order valence-electron chi connectivity index (χ2n) is 7.69. The second-order valence-corrected chi connectivity index (χ2v) is 7.69. The maximum atomic E-state index is 4.24. The Kier molecular flexibility index (Phi) is 4.42. The molecule has 25 heavy (non-hydrogen) atoms. The van der Waals surface area contributed by atoms with Crippen molar-refractivity contribution >= 4 is 0 Å². The summed E-state index contributed by atoms with van der Waals surface area (Å²) in [4.78, 5) is 4.24. The van der Waals surface area contributed by atoms with Gasteiger partial charge in [-0.25, -0.2) is 0 Å². The van der Waals surface area contributed by atoms with Gasteiger partial charge in [0.2, 0.25) is 17.1 Å². The first-order valence-electron chi connectivity index (χ1n) is 8.74. The molecule has 3 nitrogen and oxygen atoms in total. The Morgan fingerprint density at radius 2 is 1.48 bits per heavy atom. The Hall–Kier alpha value is -2.55. The summed E-state index contributed by atoms with van der Waals surface area (Å²) in [5, 5.41) is 0. The fourth-order valence-corrected chi connectivity index (χ4v) is 3.12. The molecule has 0 spiro atoms. The lowest BCUT2D eigenvalue weighted by atomic mass is 9.85. The third-order valence-corrected chi connectivity index (χ3v) is 4.74. The first-order valence-corrected chi connectivity index (χ1v) is 8.74. The minimum Gasteiger partial charge on any atom is -0.252 e. The molecule has 0 N–H and O–H groups in total. The van der Waals surface area contributed by atoms with Gasteiger partial charge in [-0.15, -0.1) is 0 Å². The van der Waals surface area contributed by atoms with E-state index in [2.05, 4.69) is 92.2 Å². The average Bonchev–Trinajstić information content (AvgIpc) is 2.55. The molecule has 0 saturated carbocycles. The standard InChI is InChI=1S/C22H27N3/c1-16-9-7-8-11-24(16)20-13-19(22(4,5)6)14-21(18(20)3)25-12-10-23-15-17(25)2/h7-15H,1-6H3/q+2. The van der Waals surface area contributed by atoms with Gasteiger partial charge in [-0.1, -0.05) is 26.8 Å². The fourth-order valence-electron chi connectivity index (χ4n) is 3.12. The SMILES string of the molecule is Cc1c(-[n+]2ccccc2C)cc(C(C)(C)C)cc1-[n+]1ccncc1C. The van der Waals surface area contributed by atoms with Crippen LogP contribution in [0.4, 0.5) is 0 Å². The highest BCUT2D eigenvalue weighted by atomic mass is 15.0. The lowest BCUT2D eigenvalue weighted by Crippen LogP contribution is -2.39. The fraction of sp³-hybridized carbons (Fsp3) is 0.318. The maximum absolute atomic E-state index is 4.24. The Labute approximate surface area is 150 Å². The summed E-state index contributed by atoms with van der Waals surface area (Å²) in [6, 6.07) is 10.9. The predicted octanol–water partition coefficient (Wildman–Crippen LogP) is 3.86. The van der Waals surface area contributed by atoms with Gasteiger partial charge in [0.1, 0.15) is 0 Å². The van der Waals surface area contributed by atoms with Crippen molar-refractivity contribution in [3.63, 3.8) is 0 Å². The second kappa shape index (κ2) is 6.40. The van der Waals surface area contributed by atoms with Crippen LogP contribution in [0.25, 0.3) is 11.4 Å². The van der Waals surface area contributed by atoms with Crippen molar-refractivity contribution in [2.75, 3.05) is 0 Å². The van der Waals surface area contributed by atoms with Gasteiger partial charge >= 0.3 is 0 Å². The number of rotatable bonds is 2. The van der Waals surface area contributed by atoms with Crippen LogP contribution in [0.5, 0.6) is 0 Å². The molecule has 2 heterocycles. The van der Waals surface area contributed by atoms with Crippen molar-refractivity contribution < 1.29 is 9.13 Å². The van der Waals surface area contributed by atoms with Crippen molar-refractivity contribution in [1.82, 2.24) is 4.98 Å². The van der Waals surface area contributed by atoms with E-state index < -0.39 is 0 Å². The van der Waals surface area contributed by atoms with E-state index in [0.717, 1.165) is 5.69 Å². The van der Waals surface area contributed by atoms with Crippen LogP contribution < -0.4 is 9.13 Å². The molecule has 1 aromatic carbocycles. The summed E-state index contributed by atoms with van der Waals surface area (Å²) in [7, 11) is 0. The van der Waals surface area contributed by atoms with E-state index >= 15 is 0 Å². The van der Waals surface area contributed by atoms with E-state index in [1.54, 1.807) is 0 Å². The molecule has 0 aliphatic heterocycles. The topological polar surface area (TPSA) is 20.6 Å². The van der Waals surface area contributed by atoms with Gasteiger partial charge in [0.05, 0.1) is 18.0 Å². The quantitative estimate of drug-likeness (QED) is 0.652. The molecule has 0 aliphatic carbocycles. The molecule has 0 fully saturated rings. The number of aromatic nitrogens is 3. The summed E-state index contributed by atoms with van der Waals surface area (Å²) < 4.78 is 4.49. The lowest BCUT2D eigenvalue weighted by molar-refractivity contribution is -0.612. The Morgan fingerprint density at radius 3 is 2.04 bits per heavy atom.